The van der Waals surface area contributed by atoms with Crippen molar-refractivity contribution in [2.75, 3.05) is 0 Å². The molecule has 0 spiro atoms. The van der Waals surface area contributed by atoms with E-state index in [9.17, 15) is 5.11 Å². The maximum absolute atomic E-state index is 9.39. The SMILES string of the molecule is C/C(Cl)=C\C=C(/C)c1ccc(O)c(C)c1. The zero-order valence-corrected chi connectivity index (χ0v) is 9.97. The molecule has 80 valence electrons. The highest BCUT2D eigenvalue weighted by atomic mass is 35.5. The molecule has 0 aliphatic heterocycles. The number of phenols is 1. The maximum Gasteiger partial charge on any atom is 0.118 e. The van der Waals surface area contributed by atoms with E-state index in [2.05, 4.69) is 0 Å². The van der Waals surface area contributed by atoms with Crippen LogP contribution in [0, 0.1) is 6.92 Å². The van der Waals surface area contributed by atoms with Crippen LogP contribution in [-0.4, -0.2) is 5.11 Å². The Kier molecular flexibility index (Phi) is 3.98. The van der Waals surface area contributed by atoms with Gasteiger partial charge >= 0.3 is 0 Å². The number of hydrogen-bond donors (Lipinski definition) is 1. The third kappa shape index (κ3) is 3.45. The minimum Gasteiger partial charge on any atom is -0.508 e. The van der Waals surface area contributed by atoms with Crippen LogP contribution in [0.15, 0.2) is 35.4 Å². The fourth-order valence-corrected chi connectivity index (χ4v) is 1.30. The van der Waals surface area contributed by atoms with E-state index in [1.807, 2.05) is 45.1 Å². The fourth-order valence-electron chi connectivity index (χ4n) is 1.24. The Morgan fingerprint density at radius 2 is 1.93 bits per heavy atom. The van der Waals surface area contributed by atoms with Gasteiger partial charge in [0.25, 0.3) is 0 Å². The second-order valence-electron chi connectivity index (χ2n) is 3.60. The van der Waals surface area contributed by atoms with Gasteiger partial charge in [-0.2, -0.15) is 0 Å². The molecule has 1 aromatic carbocycles. The van der Waals surface area contributed by atoms with Crippen LogP contribution in [0.3, 0.4) is 0 Å². The molecule has 0 amide bonds. The molecule has 0 atom stereocenters. The lowest BCUT2D eigenvalue weighted by Crippen LogP contribution is -1.81. The van der Waals surface area contributed by atoms with Crippen molar-refractivity contribution < 1.29 is 5.11 Å². The summed E-state index contributed by atoms with van der Waals surface area (Å²) in [6.07, 6.45) is 3.83. The molecule has 0 aliphatic carbocycles. The first-order valence-corrected chi connectivity index (χ1v) is 5.19. The van der Waals surface area contributed by atoms with Gasteiger partial charge < -0.3 is 5.11 Å². The van der Waals surface area contributed by atoms with Gasteiger partial charge in [-0.25, -0.2) is 0 Å². The smallest absolute Gasteiger partial charge is 0.118 e. The van der Waals surface area contributed by atoms with Crippen molar-refractivity contribution in [2.24, 2.45) is 0 Å². The van der Waals surface area contributed by atoms with Crippen LogP contribution in [0.2, 0.25) is 0 Å². The van der Waals surface area contributed by atoms with E-state index < -0.39 is 0 Å². The standard InChI is InChI=1S/C13H15ClO/c1-9(4-5-11(3)14)12-6-7-13(15)10(2)8-12/h4-8,15H,1-3H3/b9-4+,11-5+. The minimum atomic E-state index is 0.329. The number of aromatic hydroxyl groups is 1. The maximum atomic E-state index is 9.39. The number of benzene rings is 1. The lowest BCUT2D eigenvalue weighted by molar-refractivity contribution is 0.471. The van der Waals surface area contributed by atoms with Crippen molar-refractivity contribution in [3.8, 4) is 5.75 Å². The molecule has 2 heteroatoms. The van der Waals surface area contributed by atoms with E-state index in [1.165, 1.54) is 0 Å². The minimum absolute atomic E-state index is 0.329. The fraction of sp³-hybridized carbons (Fsp3) is 0.231. The molecule has 0 radical (unpaired) electrons. The molecule has 0 bridgehead atoms. The lowest BCUT2D eigenvalue weighted by atomic mass is 10.0. The molecule has 0 unspecified atom stereocenters. The molecular formula is C13H15ClO. The highest BCUT2D eigenvalue weighted by molar-refractivity contribution is 6.29. The van der Waals surface area contributed by atoms with Gasteiger partial charge in [-0.3, -0.25) is 0 Å². The second kappa shape index (κ2) is 5.04. The molecule has 0 aliphatic rings. The first-order valence-electron chi connectivity index (χ1n) is 4.81. The van der Waals surface area contributed by atoms with Crippen molar-refractivity contribution in [1.82, 2.24) is 0 Å². The summed E-state index contributed by atoms with van der Waals surface area (Å²) in [5.74, 6) is 0.329. The van der Waals surface area contributed by atoms with Crippen molar-refractivity contribution >= 4 is 17.2 Å². The summed E-state index contributed by atoms with van der Waals surface area (Å²) < 4.78 is 0. The average molecular weight is 223 g/mol. The summed E-state index contributed by atoms with van der Waals surface area (Å²) in [5.41, 5.74) is 3.10. The van der Waals surface area contributed by atoms with E-state index >= 15 is 0 Å². The first kappa shape index (κ1) is 11.9. The summed E-state index contributed by atoms with van der Waals surface area (Å²) in [7, 11) is 0. The van der Waals surface area contributed by atoms with Gasteiger partial charge in [0.2, 0.25) is 0 Å². The normalized spacial score (nSPS) is 13.1. The van der Waals surface area contributed by atoms with E-state index in [0.717, 1.165) is 21.7 Å². The Labute approximate surface area is 95.7 Å². The van der Waals surface area contributed by atoms with E-state index in [4.69, 9.17) is 11.6 Å². The third-order valence-corrected chi connectivity index (χ3v) is 2.34. The van der Waals surface area contributed by atoms with Crippen LogP contribution >= 0.6 is 11.6 Å². The zero-order chi connectivity index (χ0) is 11.4. The van der Waals surface area contributed by atoms with Gasteiger partial charge in [0.15, 0.2) is 0 Å². The van der Waals surface area contributed by atoms with E-state index in [1.54, 1.807) is 6.07 Å². The van der Waals surface area contributed by atoms with E-state index in [0.29, 0.717) is 5.75 Å². The molecule has 0 fully saturated rings. The predicted octanol–water partition coefficient (Wildman–Crippen LogP) is 4.25. The summed E-state index contributed by atoms with van der Waals surface area (Å²) in [4.78, 5) is 0. The average Bonchev–Trinajstić information content (AvgIpc) is 2.18. The summed E-state index contributed by atoms with van der Waals surface area (Å²) in [6.45, 7) is 5.74. The van der Waals surface area contributed by atoms with Crippen LogP contribution < -0.4 is 0 Å². The molecule has 0 saturated carbocycles. The predicted molar refractivity (Wildman–Crippen MR) is 66.1 cm³/mol. The van der Waals surface area contributed by atoms with Gasteiger partial charge in [-0.1, -0.05) is 23.7 Å². The van der Waals surface area contributed by atoms with Crippen LogP contribution in [0.4, 0.5) is 0 Å². The quantitative estimate of drug-likeness (QED) is 0.742. The van der Waals surface area contributed by atoms with Crippen LogP contribution in [0.5, 0.6) is 5.75 Å². The van der Waals surface area contributed by atoms with Gasteiger partial charge in [-0.05, 0) is 55.7 Å². The summed E-state index contributed by atoms with van der Waals surface area (Å²) in [6, 6.07) is 5.56. The molecular weight excluding hydrogens is 208 g/mol. The van der Waals surface area contributed by atoms with Crippen LogP contribution in [-0.2, 0) is 0 Å². The molecule has 0 saturated heterocycles. The molecule has 1 rings (SSSR count). The van der Waals surface area contributed by atoms with Gasteiger partial charge in [0, 0.05) is 5.03 Å². The van der Waals surface area contributed by atoms with Gasteiger partial charge in [0.05, 0.1) is 0 Å². The molecule has 0 aromatic heterocycles. The van der Waals surface area contributed by atoms with Crippen molar-refractivity contribution in [3.05, 3.63) is 46.5 Å². The highest BCUT2D eigenvalue weighted by Crippen LogP contribution is 2.22. The number of allylic oxidation sites excluding steroid dienone is 4. The largest absolute Gasteiger partial charge is 0.508 e. The second-order valence-corrected chi connectivity index (χ2v) is 4.20. The summed E-state index contributed by atoms with van der Waals surface area (Å²) >= 11 is 5.74. The molecule has 15 heavy (non-hydrogen) atoms. The Morgan fingerprint density at radius 3 is 2.47 bits per heavy atom. The molecule has 1 N–H and O–H groups in total. The lowest BCUT2D eigenvalue weighted by Gasteiger charge is -2.04. The van der Waals surface area contributed by atoms with Crippen molar-refractivity contribution in [1.29, 1.82) is 0 Å². The third-order valence-electron chi connectivity index (χ3n) is 2.22. The van der Waals surface area contributed by atoms with Crippen LogP contribution in [0.25, 0.3) is 5.57 Å². The molecule has 0 heterocycles. The number of rotatable bonds is 2. The highest BCUT2D eigenvalue weighted by Gasteiger charge is 1.99. The Bertz CT molecular complexity index is 413. The Morgan fingerprint density at radius 1 is 1.27 bits per heavy atom. The monoisotopic (exact) mass is 222 g/mol. The Balaban J connectivity index is 3.02. The number of halogens is 1. The number of hydrogen-bond acceptors (Lipinski definition) is 1. The van der Waals surface area contributed by atoms with Crippen molar-refractivity contribution in [2.45, 2.75) is 20.8 Å². The number of phenolic OH excluding ortho intramolecular Hbond substituents is 1. The van der Waals surface area contributed by atoms with E-state index in [-0.39, 0.29) is 0 Å². The van der Waals surface area contributed by atoms with Gasteiger partial charge in [-0.15, -0.1) is 0 Å². The molecule has 1 nitrogen and oxygen atoms in total. The Hall–Kier alpha value is -1.21. The number of aryl methyl sites for hydroxylation is 1. The van der Waals surface area contributed by atoms with Crippen LogP contribution in [0.1, 0.15) is 25.0 Å². The molecule has 1 aromatic rings. The topological polar surface area (TPSA) is 20.2 Å². The first-order chi connectivity index (χ1) is 7.00. The zero-order valence-electron chi connectivity index (χ0n) is 9.21. The van der Waals surface area contributed by atoms with Crippen molar-refractivity contribution in [3.63, 3.8) is 0 Å². The summed E-state index contributed by atoms with van der Waals surface area (Å²) in [5, 5.41) is 10.1. The van der Waals surface area contributed by atoms with Gasteiger partial charge in [0.1, 0.15) is 5.75 Å².